The molecule has 0 saturated carbocycles. The Morgan fingerprint density at radius 2 is 1.90 bits per heavy atom. The lowest BCUT2D eigenvalue weighted by Gasteiger charge is -2.14. The molecule has 3 aromatic heterocycles. The average Bonchev–Trinajstić information content (AvgIpc) is 3.67. The summed E-state index contributed by atoms with van der Waals surface area (Å²) in [6.45, 7) is 3.52. The maximum absolute atomic E-state index is 12.8. The Balaban J connectivity index is 1.37. The topological polar surface area (TPSA) is 119 Å². The van der Waals surface area contributed by atoms with Gasteiger partial charge in [0.05, 0.1) is 47.4 Å². The Kier molecular flexibility index (Phi) is 8.95. The van der Waals surface area contributed by atoms with Crippen LogP contribution in [0.1, 0.15) is 45.2 Å². The number of ether oxygens (including phenoxy) is 1. The van der Waals surface area contributed by atoms with Crippen molar-refractivity contribution >= 4 is 51.0 Å². The summed E-state index contributed by atoms with van der Waals surface area (Å²) in [5.74, 6) is 0.552. The number of aromatic nitrogens is 5. The molecule has 0 radical (unpaired) electrons. The van der Waals surface area contributed by atoms with Crippen LogP contribution >= 0.6 is 23.4 Å². The molecule has 7 rings (SSSR count). The molecule has 0 saturated heterocycles. The molecule has 6 aromatic rings. The highest BCUT2D eigenvalue weighted by molar-refractivity contribution is 7.98. The second-order valence-corrected chi connectivity index (χ2v) is 13.6. The first-order valence-electron chi connectivity index (χ1n) is 16.0. The number of halogens is 1. The molecule has 0 amide bonds. The third-order valence-corrected chi connectivity index (χ3v) is 10.4. The van der Waals surface area contributed by atoms with Crippen LogP contribution in [0.4, 0.5) is 0 Å². The van der Waals surface area contributed by atoms with Crippen LogP contribution in [-0.2, 0) is 45.9 Å². The molecule has 12 heteroatoms. The molecule has 0 atom stereocenters. The molecule has 0 unspecified atom stereocenters. The lowest BCUT2D eigenvalue weighted by atomic mass is 9.98. The highest BCUT2D eigenvalue weighted by Gasteiger charge is 2.27. The van der Waals surface area contributed by atoms with E-state index in [-0.39, 0.29) is 12.3 Å². The minimum Gasteiger partial charge on any atom is -0.493 e. The first-order valence-corrected chi connectivity index (χ1v) is 17.3. The Labute approximate surface area is 287 Å². The first kappa shape index (κ1) is 32.3. The summed E-state index contributed by atoms with van der Waals surface area (Å²) in [6.07, 6.45) is 1.12. The third kappa shape index (κ3) is 5.85. The fourth-order valence-corrected chi connectivity index (χ4v) is 8.15. The number of carboxylic acid groups (broad SMARTS) is 1. The van der Waals surface area contributed by atoms with E-state index in [0.29, 0.717) is 44.1 Å². The average molecular weight is 685 g/mol. The Morgan fingerprint density at radius 1 is 1.06 bits per heavy atom. The van der Waals surface area contributed by atoms with Crippen LogP contribution in [-0.4, -0.2) is 53.5 Å². The zero-order valence-corrected chi connectivity index (χ0v) is 28.7. The first-order chi connectivity index (χ1) is 23.2. The predicted octanol–water partition coefficient (Wildman–Crippen LogP) is 6.49. The van der Waals surface area contributed by atoms with Gasteiger partial charge in [-0.2, -0.15) is 10.2 Å². The smallest absolute Gasteiger partial charge is 0.352 e. The van der Waals surface area contributed by atoms with Gasteiger partial charge in [-0.15, -0.1) is 11.8 Å². The fourth-order valence-electron chi connectivity index (χ4n) is 6.92. The SMILES string of the molecule is Cc1nn(CCO)c2c1-c1c(Cl)ccc3c(c(C(=O)O)n(C)c13)CCCOc1cc(cc3ccccc13)SCc1cc(nn1C)CNC2. The molecule has 0 spiro atoms. The van der Waals surface area contributed by atoms with Crippen molar-refractivity contribution in [2.45, 2.75) is 50.0 Å². The summed E-state index contributed by atoms with van der Waals surface area (Å²) in [5, 5.41) is 36.9. The molecule has 4 heterocycles. The van der Waals surface area contributed by atoms with Gasteiger partial charge in [0.25, 0.3) is 0 Å². The van der Waals surface area contributed by atoms with E-state index < -0.39 is 5.97 Å². The van der Waals surface area contributed by atoms with Gasteiger partial charge in [0, 0.05) is 65.4 Å². The van der Waals surface area contributed by atoms with E-state index in [1.807, 2.05) is 42.9 Å². The molecular weight excluding hydrogens is 648 g/mol. The number of hydrogen-bond acceptors (Lipinski definition) is 7. The van der Waals surface area contributed by atoms with Crippen molar-refractivity contribution in [1.29, 1.82) is 0 Å². The summed E-state index contributed by atoms with van der Waals surface area (Å²) in [5.41, 5.74) is 6.87. The predicted molar refractivity (Wildman–Crippen MR) is 189 cm³/mol. The number of carbonyl (C=O) groups is 1. The van der Waals surface area contributed by atoms with Crippen LogP contribution < -0.4 is 10.1 Å². The van der Waals surface area contributed by atoms with Gasteiger partial charge in [-0.3, -0.25) is 9.36 Å². The van der Waals surface area contributed by atoms with Crippen molar-refractivity contribution in [3.05, 3.63) is 93.7 Å². The molecule has 48 heavy (non-hydrogen) atoms. The highest BCUT2D eigenvalue weighted by Crippen LogP contribution is 2.42. The second kappa shape index (κ2) is 13.3. The number of aliphatic hydroxyl groups is 1. The largest absolute Gasteiger partial charge is 0.493 e. The summed E-state index contributed by atoms with van der Waals surface area (Å²) >= 11 is 8.73. The quantitative estimate of drug-likeness (QED) is 0.194. The molecular formula is C36H37ClN6O4S. The van der Waals surface area contributed by atoms with E-state index in [0.717, 1.165) is 77.5 Å². The van der Waals surface area contributed by atoms with Crippen molar-refractivity contribution < 1.29 is 19.7 Å². The standard InChI is InChI=1S/C36H37ClN6O4S/c1-21-32-30(43(39-21)12-13-44)19-38-18-23-16-24(42(3)40-23)20-48-25-15-22-7-4-5-8-26(22)31(17-25)47-14-6-9-27-28-10-11-29(37)33(32)34(28)41(2)35(27)36(45)46/h4-5,7-8,10-11,15-17,38,44H,6,9,12-14,18-20H2,1-3H3,(H,45,46). The number of hydrogen-bond donors (Lipinski definition) is 3. The second-order valence-electron chi connectivity index (χ2n) is 12.1. The van der Waals surface area contributed by atoms with Gasteiger partial charge in [0.2, 0.25) is 0 Å². The summed E-state index contributed by atoms with van der Waals surface area (Å²) in [7, 11) is 3.75. The minimum atomic E-state index is -0.999. The van der Waals surface area contributed by atoms with Gasteiger partial charge in [-0.1, -0.05) is 41.9 Å². The van der Waals surface area contributed by atoms with E-state index in [4.69, 9.17) is 26.5 Å². The number of aromatic carboxylic acids is 1. The molecule has 10 nitrogen and oxygen atoms in total. The molecule has 248 valence electrons. The fraction of sp³-hybridized carbons (Fsp3) is 0.306. The number of carboxylic acids is 1. The van der Waals surface area contributed by atoms with Crippen LogP contribution in [0, 0.1) is 6.92 Å². The van der Waals surface area contributed by atoms with Crippen molar-refractivity contribution in [3.63, 3.8) is 0 Å². The van der Waals surface area contributed by atoms with Gasteiger partial charge >= 0.3 is 5.97 Å². The number of thioether (sulfide) groups is 1. The summed E-state index contributed by atoms with van der Waals surface area (Å²) in [4.78, 5) is 13.9. The van der Waals surface area contributed by atoms with Crippen LogP contribution in [0.25, 0.3) is 32.8 Å². The van der Waals surface area contributed by atoms with Crippen LogP contribution in [0.3, 0.4) is 0 Å². The van der Waals surface area contributed by atoms with E-state index in [1.165, 1.54) is 0 Å². The number of aliphatic hydroxyl groups excluding tert-OH is 1. The molecule has 3 N–H and O–H groups in total. The lowest BCUT2D eigenvalue weighted by molar-refractivity contribution is 0.0685. The van der Waals surface area contributed by atoms with E-state index in [2.05, 4.69) is 35.6 Å². The number of rotatable bonds is 3. The zero-order chi connectivity index (χ0) is 33.5. The van der Waals surface area contributed by atoms with Crippen molar-refractivity contribution in [3.8, 4) is 16.9 Å². The normalized spacial score (nSPS) is 14.2. The van der Waals surface area contributed by atoms with Gasteiger partial charge < -0.3 is 24.8 Å². The van der Waals surface area contributed by atoms with Gasteiger partial charge in [0.15, 0.2) is 0 Å². The number of benzene rings is 3. The zero-order valence-electron chi connectivity index (χ0n) is 27.1. The Bertz CT molecular complexity index is 2180. The molecule has 3 aromatic carbocycles. The molecule has 0 fully saturated rings. The molecule has 0 aliphatic carbocycles. The molecule has 1 aliphatic heterocycles. The number of nitrogens with one attached hydrogen (secondary N) is 1. The van der Waals surface area contributed by atoms with Gasteiger partial charge in [0.1, 0.15) is 11.4 Å². The van der Waals surface area contributed by atoms with Gasteiger partial charge in [-0.25, -0.2) is 4.79 Å². The Morgan fingerprint density at radius 3 is 2.71 bits per heavy atom. The van der Waals surface area contributed by atoms with Crippen molar-refractivity contribution in [2.24, 2.45) is 14.1 Å². The number of aryl methyl sites for hydroxylation is 4. The third-order valence-electron chi connectivity index (χ3n) is 9.04. The number of fused-ring (bicyclic) bond motifs is 8. The monoisotopic (exact) mass is 684 g/mol. The van der Waals surface area contributed by atoms with Crippen molar-refractivity contribution in [1.82, 2.24) is 29.4 Å². The maximum atomic E-state index is 12.8. The minimum absolute atomic E-state index is 0.0790. The van der Waals surface area contributed by atoms with Gasteiger partial charge in [-0.05, 0) is 55.0 Å². The van der Waals surface area contributed by atoms with Crippen LogP contribution in [0.5, 0.6) is 5.75 Å². The highest BCUT2D eigenvalue weighted by atomic mass is 35.5. The molecule has 1 aliphatic rings. The summed E-state index contributed by atoms with van der Waals surface area (Å²) < 4.78 is 11.9. The van der Waals surface area contributed by atoms with E-state index in [1.54, 1.807) is 28.1 Å². The maximum Gasteiger partial charge on any atom is 0.352 e. The van der Waals surface area contributed by atoms with Crippen LogP contribution in [0.15, 0.2) is 59.5 Å². The van der Waals surface area contributed by atoms with Crippen LogP contribution in [0.2, 0.25) is 5.02 Å². The van der Waals surface area contributed by atoms with E-state index >= 15 is 0 Å². The Hall–Kier alpha value is -4.29. The molecule has 8 bridgehead atoms. The summed E-state index contributed by atoms with van der Waals surface area (Å²) in [6, 6.07) is 18.4. The lowest BCUT2D eigenvalue weighted by Crippen LogP contribution is -2.18. The van der Waals surface area contributed by atoms with E-state index in [9.17, 15) is 15.0 Å². The number of nitrogens with zero attached hydrogens (tertiary/aromatic N) is 5. The van der Waals surface area contributed by atoms with Crippen molar-refractivity contribution in [2.75, 3.05) is 13.2 Å².